The van der Waals surface area contributed by atoms with Gasteiger partial charge in [-0.05, 0) is 109 Å². The van der Waals surface area contributed by atoms with E-state index in [2.05, 4.69) is 179 Å². The van der Waals surface area contributed by atoms with E-state index >= 15 is 0 Å². The van der Waals surface area contributed by atoms with E-state index in [0.717, 1.165) is 116 Å². The molecule has 0 N–H and O–H groups in total. The van der Waals surface area contributed by atoms with Crippen LogP contribution < -0.4 is 0 Å². The lowest BCUT2D eigenvalue weighted by atomic mass is 10.0. The first-order chi connectivity index (χ1) is 38.5. The minimum atomic E-state index is -0.849. The zero-order valence-corrected chi connectivity index (χ0v) is 49.9. The summed E-state index contributed by atoms with van der Waals surface area (Å²) in [6.45, 7) is 6.27. The second-order valence-corrected chi connectivity index (χ2v) is 19.9. The van der Waals surface area contributed by atoms with Crippen molar-refractivity contribution in [1.82, 2.24) is 0 Å². The molecule has 0 aliphatic carbocycles. The fraction of sp³-hybridized carbons (Fsp3) is 0.569. The third kappa shape index (κ3) is 61.6. The molecule has 0 rings (SSSR count). The lowest BCUT2D eigenvalue weighted by molar-refractivity contribution is -0.166. The Morgan fingerprint density at radius 3 is 0.885 bits per heavy atom. The zero-order chi connectivity index (χ0) is 56.4. The molecule has 0 heterocycles. The highest BCUT2D eigenvalue weighted by atomic mass is 16.6. The van der Waals surface area contributed by atoms with E-state index in [9.17, 15) is 14.4 Å². The maximum atomic E-state index is 12.9. The molecule has 0 saturated carbocycles. The fourth-order valence-electron chi connectivity index (χ4n) is 7.93. The lowest BCUT2D eigenvalue weighted by Crippen LogP contribution is -2.30. The van der Waals surface area contributed by atoms with E-state index in [1.54, 1.807) is 6.08 Å². The highest BCUT2D eigenvalue weighted by Gasteiger charge is 2.19. The van der Waals surface area contributed by atoms with Gasteiger partial charge in [-0.3, -0.25) is 14.4 Å². The van der Waals surface area contributed by atoms with Gasteiger partial charge in [0.05, 0.1) is 6.42 Å². The summed E-state index contributed by atoms with van der Waals surface area (Å²) in [6.07, 6.45) is 95.3. The monoisotopic (exact) mass is 1070 g/mol. The molecule has 0 radical (unpaired) electrons. The molecule has 1 unspecified atom stereocenters. The Bertz CT molecular complexity index is 1810. The first-order valence-corrected chi connectivity index (χ1v) is 31.1. The molecule has 6 nitrogen and oxygen atoms in total. The van der Waals surface area contributed by atoms with Crippen LogP contribution in [0.25, 0.3) is 0 Å². The van der Waals surface area contributed by atoms with E-state index < -0.39 is 12.1 Å². The van der Waals surface area contributed by atoms with Crippen LogP contribution in [-0.4, -0.2) is 37.2 Å². The van der Waals surface area contributed by atoms with Crippen molar-refractivity contribution in [2.45, 2.75) is 252 Å². The fourth-order valence-corrected chi connectivity index (χ4v) is 7.93. The van der Waals surface area contributed by atoms with Crippen LogP contribution in [0.5, 0.6) is 0 Å². The molecule has 0 aromatic heterocycles. The van der Waals surface area contributed by atoms with Crippen molar-refractivity contribution in [1.29, 1.82) is 0 Å². The van der Waals surface area contributed by atoms with Gasteiger partial charge in [-0.2, -0.15) is 0 Å². The molecule has 78 heavy (non-hydrogen) atoms. The molecule has 0 amide bonds. The van der Waals surface area contributed by atoms with E-state index in [1.165, 1.54) is 83.5 Å². The number of carbonyl (C=O) groups excluding carboxylic acids is 3. The summed E-state index contributed by atoms with van der Waals surface area (Å²) >= 11 is 0. The first kappa shape index (κ1) is 72.8. The number of ether oxygens (including phenoxy) is 3. The van der Waals surface area contributed by atoms with Crippen LogP contribution in [0.15, 0.2) is 170 Å². The van der Waals surface area contributed by atoms with Crippen molar-refractivity contribution in [2.75, 3.05) is 13.2 Å². The van der Waals surface area contributed by atoms with Crippen molar-refractivity contribution < 1.29 is 28.6 Å². The first-order valence-electron chi connectivity index (χ1n) is 31.1. The molecule has 0 aliphatic rings. The predicted octanol–water partition coefficient (Wildman–Crippen LogP) is 21.5. The number of hydrogen-bond acceptors (Lipinski definition) is 6. The number of rotatable bonds is 54. The number of unbranched alkanes of at least 4 members (excludes halogenated alkanes) is 16. The van der Waals surface area contributed by atoms with Crippen LogP contribution >= 0.6 is 0 Å². The molecule has 0 fully saturated rings. The molecule has 6 heteroatoms. The minimum Gasteiger partial charge on any atom is -0.462 e. The molecule has 1 atom stereocenters. The van der Waals surface area contributed by atoms with Crippen molar-refractivity contribution in [3.05, 3.63) is 170 Å². The van der Waals surface area contributed by atoms with Crippen molar-refractivity contribution in [3.8, 4) is 0 Å². The highest BCUT2D eigenvalue weighted by molar-refractivity contribution is 5.72. The zero-order valence-electron chi connectivity index (χ0n) is 49.9. The second kappa shape index (κ2) is 64.3. The summed E-state index contributed by atoms with van der Waals surface area (Å²) in [6, 6.07) is 0. The summed E-state index contributed by atoms with van der Waals surface area (Å²) in [5.74, 6) is -1.13. The third-order valence-corrected chi connectivity index (χ3v) is 12.5. The Balaban J connectivity index is 4.53. The Kier molecular flexibility index (Phi) is 60.0. The molecular formula is C72H112O6. The smallest absolute Gasteiger partial charge is 0.309 e. The van der Waals surface area contributed by atoms with Crippen LogP contribution in [0.3, 0.4) is 0 Å². The van der Waals surface area contributed by atoms with Crippen LogP contribution in [0, 0.1) is 0 Å². The van der Waals surface area contributed by atoms with Gasteiger partial charge >= 0.3 is 17.9 Å². The average Bonchev–Trinajstić information content (AvgIpc) is 3.44. The van der Waals surface area contributed by atoms with Gasteiger partial charge in [-0.15, -0.1) is 0 Å². The Morgan fingerprint density at radius 2 is 0.551 bits per heavy atom. The summed E-state index contributed by atoms with van der Waals surface area (Å²) in [5.41, 5.74) is 0. The molecule has 0 aliphatic heterocycles. The van der Waals surface area contributed by atoms with Crippen LogP contribution in [0.2, 0.25) is 0 Å². The van der Waals surface area contributed by atoms with E-state index in [4.69, 9.17) is 14.2 Å². The van der Waals surface area contributed by atoms with E-state index in [0.29, 0.717) is 12.8 Å². The molecule has 0 aromatic carbocycles. The number of carbonyl (C=O) groups is 3. The molecule has 0 bridgehead atoms. The van der Waals surface area contributed by atoms with Crippen LogP contribution in [0.4, 0.5) is 0 Å². The standard InChI is InChI=1S/C72H112O6/c1-4-7-10-13-16-19-22-25-28-30-31-32-33-34-35-36-37-38-39-40-41-42-45-47-50-53-56-59-62-65-71(74)77-68-69(67-76-70(73)64-61-58-55-52-49-46-43-27-24-21-18-15-12-9-6-3)78-72(75)66-63-60-57-54-51-48-44-29-26-23-20-17-14-11-8-5-2/h7,9-10,12,16,18-19,21,25,27-28,31-32,34-35,37-38,40-41,43,45,47,49,52-53,56,58,61,69H,4-6,8,11,13-15,17,20,22-24,26,29-30,33,36,39,42,44,46,48,50-51,54-55,57,59-60,62-68H2,1-3H3/b10-7-,12-9-,19-16-,21-18-,28-25-,32-31-,35-34-,38-37-,41-40-,43-27-,47-45-,52-49-,56-53-,61-58-. The molecule has 0 saturated heterocycles. The summed E-state index contributed by atoms with van der Waals surface area (Å²) in [5, 5.41) is 0. The van der Waals surface area contributed by atoms with Crippen molar-refractivity contribution >= 4 is 17.9 Å². The van der Waals surface area contributed by atoms with E-state index in [-0.39, 0.29) is 38.0 Å². The van der Waals surface area contributed by atoms with Gasteiger partial charge in [0.2, 0.25) is 0 Å². The van der Waals surface area contributed by atoms with Gasteiger partial charge in [0, 0.05) is 12.8 Å². The van der Waals surface area contributed by atoms with Gasteiger partial charge in [-0.25, -0.2) is 0 Å². The lowest BCUT2D eigenvalue weighted by Gasteiger charge is -2.18. The van der Waals surface area contributed by atoms with Crippen molar-refractivity contribution in [2.24, 2.45) is 0 Å². The molecule has 436 valence electrons. The van der Waals surface area contributed by atoms with Gasteiger partial charge in [-0.1, -0.05) is 287 Å². The average molecular weight is 1070 g/mol. The molecule has 0 aromatic rings. The Hall–Kier alpha value is -5.23. The third-order valence-electron chi connectivity index (χ3n) is 12.5. The summed E-state index contributed by atoms with van der Waals surface area (Å²) in [7, 11) is 0. The maximum absolute atomic E-state index is 12.9. The largest absolute Gasteiger partial charge is 0.462 e. The minimum absolute atomic E-state index is 0.110. The quantitative estimate of drug-likeness (QED) is 0.0261. The van der Waals surface area contributed by atoms with E-state index in [1.807, 2.05) is 6.08 Å². The normalized spacial score (nSPS) is 13.3. The van der Waals surface area contributed by atoms with Gasteiger partial charge in [0.1, 0.15) is 13.2 Å². The van der Waals surface area contributed by atoms with Gasteiger partial charge in [0.15, 0.2) is 6.10 Å². The van der Waals surface area contributed by atoms with Crippen LogP contribution in [-0.2, 0) is 28.6 Å². The number of hydrogen-bond donors (Lipinski definition) is 0. The van der Waals surface area contributed by atoms with Gasteiger partial charge < -0.3 is 14.2 Å². The summed E-state index contributed by atoms with van der Waals surface area (Å²) < 4.78 is 16.7. The summed E-state index contributed by atoms with van der Waals surface area (Å²) in [4.78, 5) is 38.2. The Labute approximate surface area is 479 Å². The van der Waals surface area contributed by atoms with Crippen LogP contribution in [0.1, 0.15) is 245 Å². The Morgan fingerprint density at radius 1 is 0.282 bits per heavy atom. The molecular weight excluding hydrogens is 961 g/mol. The topological polar surface area (TPSA) is 78.9 Å². The second-order valence-electron chi connectivity index (χ2n) is 19.9. The number of allylic oxidation sites excluding steroid dienone is 27. The predicted molar refractivity (Wildman–Crippen MR) is 338 cm³/mol. The SMILES string of the molecule is CC/C=C\C/C=C\C/C=C\C/C=C\C/C=C\C/C=C\C/C=C\C/C=C\C/C=C\CCCC(=O)OCC(COC(=O)C/C=C\C/C=C\C/C=C\C/C=C\C/C=C\CC)OC(=O)CCCCCCCCCCCCCCCCCC. The highest BCUT2D eigenvalue weighted by Crippen LogP contribution is 2.15. The molecule has 0 spiro atoms. The number of esters is 3. The van der Waals surface area contributed by atoms with Crippen molar-refractivity contribution in [3.63, 3.8) is 0 Å². The van der Waals surface area contributed by atoms with Gasteiger partial charge in [0.25, 0.3) is 0 Å². The maximum Gasteiger partial charge on any atom is 0.309 e.